The second kappa shape index (κ2) is 7.65. The van der Waals surface area contributed by atoms with E-state index in [1.54, 1.807) is 0 Å². The molecule has 1 unspecified atom stereocenters. The lowest BCUT2D eigenvalue weighted by Crippen LogP contribution is -2.41. The van der Waals surface area contributed by atoms with E-state index in [9.17, 15) is 0 Å². The molecule has 0 fully saturated rings. The summed E-state index contributed by atoms with van der Waals surface area (Å²) in [6, 6.07) is 8.87. The molecule has 0 saturated carbocycles. The minimum absolute atomic E-state index is 0.233. The van der Waals surface area contributed by atoms with Gasteiger partial charge in [0.15, 0.2) is 8.32 Å². The van der Waals surface area contributed by atoms with E-state index in [1.807, 2.05) is 0 Å². The Labute approximate surface area is 139 Å². The van der Waals surface area contributed by atoms with Crippen molar-refractivity contribution in [2.45, 2.75) is 71.2 Å². The van der Waals surface area contributed by atoms with E-state index < -0.39 is 8.32 Å². The zero-order valence-electron chi connectivity index (χ0n) is 15.9. The van der Waals surface area contributed by atoms with Crippen LogP contribution in [0.25, 0.3) is 0 Å². The maximum absolute atomic E-state index is 6.72. The van der Waals surface area contributed by atoms with Crippen molar-refractivity contribution in [3.63, 3.8) is 0 Å². The number of hydrogen-bond acceptors (Lipinski definition) is 2. The maximum atomic E-state index is 6.72. The normalized spacial score (nSPS) is 14.0. The summed E-state index contributed by atoms with van der Waals surface area (Å²) in [6.45, 7) is 13.9. The molecule has 126 valence electrons. The molecule has 0 aliphatic heterocycles. The van der Waals surface area contributed by atoms with Crippen LogP contribution in [0.5, 0.6) is 0 Å². The highest BCUT2D eigenvalue weighted by molar-refractivity contribution is 6.74. The van der Waals surface area contributed by atoms with Gasteiger partial charge in [-0.2, -0.15) is 0 Å². The summed E-state index contributed by atoms with van der Waals surface area (Å²) >= 11 is 0. The molecule has 0 heterocycles. The van der Waals surface area contributed by atoms with Crippen LogP contribution in [0.15, 0.2) is 24.3 Å². The first-order valence-electron chi connectivity index (χ1n) is 8.53. The minimum Gasteiger partial charge on any atom is -0.410 e. The van der Waals surface area contributed by atoms with Crippen molar-refractivity contribution in [2.24, 2.45) is 0 Å². The Kier molecular flexibility index (Phi) is 6.69. The first-order chi connectivity index (χ1) is 10.1. The van der Waals surface area contributed by atoms with E-state index in [0.717, 1.165) is 6.42 Å². The first-order valence-corrected chi connectivity index (χ1v) is 11.4. The van der Waals surface area contributed by atoms with Gasteiger partial charge in [0, 0.05) is 19.8 Å². The Balaban J connectivity index is 2.97. The molecule has 0 N–H and O–H groups in total. The van der Waals surface area contributed by atoms with Gasteiger partial charge in [0.25, 0.3) is 0 Å². The van der Waals surface area contributed by atoms with Crippen LogP contribution in [-0.4, -0.2) is 22.4 Å². The van der Waals surface area contributed by atoms with Crippen molar-refractivity contribution < 1.29 is 4.43 Å². The fourth-order valence-electron chi connectivity index (χ4n) is 2.20. The third kappa shape index (κ3) is 5.13. The van der Waals surface area contributed by atoms with Gasteiger partial charge >= 0.3 is 0 Å². The standard InChI is InChI=1S/C19H35NOSi/c1-9-10-11-18(21-22(7,8)19(2,3)4)16-12-14-17(15-13-16)20(5)6/h12-15,18H,9-11H2,1-8H3. The van der Waals surface area contributed by atoms with Gasteiger partial charge in [-0.1, -0.05) is 52.7 Å². The van der Waals surface area contributed by atoms with E-state index in [-0.39, 0.29) is 11.1 Å². The summed E-state index contributed by atoms with van der Waals surface area (Å²) in [5.41, 5.74) is 2.56. The van der Waals surface area contributed by atoms with Gasteiger partial charge < -0.3 is 9.33 Å². The summed E-state index contributed by atoms with van der Waals surface area (Å²) in [5.74, 6) is 0. The predicted molar refractivity (Wildman–Crippen MR) is 101 cm³/mol. The Bertz CT molecular complexity index is 445. The lowest BCUT2D eigenvalue weighted by molar-refractivity contribution is 0.170. The van der Waals surface area contributed by atoms with E-state index in [4.69, 9.17) is 4.43 Å². The van der Waals surface area contributed by atoms with Gasteiger partial charge in [0.05, 0.1) is 6.10 Å². The molecule has 22 heavy (non-hydrogen) atoms. The molecule has 0 amide bonds. The summed E-state index contributed by atoms with van der Waals surface area (Å²) in [6.07, 6.45) is 3.78. The number of hydrogen-bond donors (Lipinski definition) is 0. The van der Waals surface area contributed by atoms with Crippen molar-refractivity contribution >= 4 is 14.0 Å². The van der Waals surface area contributed by atoms with Crippen LogP contribution in [0.3, 0.4) is 0 Å². The van der Waals surface area contributed by atoms with Crippen molar-refractivity contribution in [1.29, 1.82) is 0 Å². The lowest BCUT2D eigenvalue weighted by atomic mass is 10.0. The summed E-state index contributed by atoms with van der Waals surface area (Å²) in [4.78, 5) is 2.14. The summed E-state index contributed by atoms with van der Waals surface area (Å²) < 4.78 is 6.72. The molecule has 2 nitrogen and oxygen atoms in total. The van der Waals surface area contributed by atoms with Gasteiger partial charge in [-0.15, -0.1) is 0 Å². The SMILES string of the molecule is CCCCC(O[Si](C)(C)C(C)(C)C)c1ccc(N(C)C)cc1. The van der Waals surface area contributed by atoms with Crippen LogP contribution in [-0.2, 0) is 4.43 Å². The average molecular weight is 322 g/mol. The Morgan fingerprint density at radius 2 is 1.64 bits per heavy atom. The molecule has 1 rings (SSSR count). The fraction of sp³-hybridized carbons (Fsp3) is 0.684. The summed E-state index contributed by atoms with van der Waals surface area (Å²) in [7, 11) is 2.41. The molecule has 3 heteroatoms. The van der Waals surface area contributed by atoms with Crippen molar-refractivity contribution in [3.05, 3.63) is 29.8 Å². The quantitative estimate of drug-likeness (QED) is 0.571. The van der Waals surface area contributed by atoms with Gasteiger partial charge in [0.1, 0.15) is 0 Å². The van der Waals surface area contributed by atoms with Crippen LogP contribution in [0, 0.1) is 0 Å². The molecule has 1 aromatic rings. The van der Waals surface area contributed by atoms with Crippen LogP contribution in [0.4, 0.5) is 5.69 Å². The van der Waals surface area contributed by atoms with Crippen LogP contribution < -0.4 is 4.90 Å². The van der Waals surface area contributed by atoms with Gasteiger partial charge in [-0.25, -0.2) is 0 Å². The Morgan fingerprint density at radius 1 is 1.09 bits per heavy atom. The summed E-state index contributed by atoms with van der Waals surface area (Å²) in [5, 5.41) is 0.251. The highest BCUT2D eigenvalue weighted by Crippen LogP contribution is 2.41. The molecule has 0 spiro atoms. The number of nitrogens with zero attached hydrogens (tertiary/aromatic N) is 1. The Morgan fingerprint density at radius 3 is 2.05 bits per heavy atom. The number of anilines is 1. The molecule has 0 saturated heterocycles. The van der Waals surface area contributed by atoms with E-state index in [1.165, 1.54) is 24.1 Å². The smallest absolute Gasteiger partial charge is 0.192 e. The molecule has 0 bridgehead atoms. The third-order valence-corrected chi connectivity index (χ3v) is 9.33. The van der Waals surface area contributed by atoms with E-state index in [2.05, 4.69) is 84.0 Å². The highest BCUT2D eigenvalue weighted by atomic mass is 28.4. The second-order valence-electron chi connectivity index (χ2n) is 7.99. The molecule has 0 aliphatic carbocycles. The highest BCUT2D eigenvalue weighted by Gasteiger charge is 2.39. The van der Waals surface area contributed by atoms with Crippen molar-refractivity contribution in [3.8, 4) is 0 Å². The van der Waals surface area contributed by atoms with Gasteiger partial charge in [-0.05, 0) is 42.2 Å². The molecule has 1 atom stereocenters. The second-order valence-corrected chi connectivity index (χ2v) is 12.8. The lowest BCUT2D eigenvalue weighted by Gasteiger charge is -2.39. The zero-order valence-corrected chi connectivity index (χ0v) is 16.9. The molecule has 0 aliphatic rings. The predicted octanol–water partition coefficient (Wildman–Crippen LogP) is 6.01. The van der Waals surface area contributed by atoms with E-state index in [0.29, 0.717) is 0 Å². The number of rotatable bonds is 7. The molecular weight excluding hydrogens is 286 g/mol. The van der Waals surface area contributed by atoms with Crippen LogP contribution in [0.2, 0.25) is 18.1 Å². The third-order valence-electron chi connectivity index (χ3n) is 4.84. The van der Waals surface area contributed by atoms with Crippen LogP contribution >= 0.6 is 0 Å². The fourth-order valence-corrected chi connectivity index (χ4v) is 3.52. The number of unbranched alkanes of at least 4 members (excludes halogenated alkanes) is 1. The van der Waals surface area contributed by atoms with Crippen molar-refractivity contribution in [2.75, 3.05) is 19.0 Å². The van der Waals surface area contributed by atoms with Gasteiger partial charge in [-0.3, -0.25) is 0 Å². The zero-order chi connectivity index (χ0) is 17.0. The largest absolute Gasteiger partial charge is 0.410 e. The molecule has 0 aromatic heterocycles. The molecular formula is C19H35NOSi. The van der Waals surface area contributed by atoms with Crippen molar-refractivity contribution in [1.82, 2.24) is 0 Å². The maximum Gasteiger partial charge on any atom is 0.192 e. The first kappa shape index (κ1) is 19.2. The minimum atomic E-state index is -1.75. The average Bonchev–Trinajstić information content (AvgIpc) is 2.42. The van der Waals surface area contributed by atoms with E-state index >= 15 is 0 Å². The van der Waals surface area contributed by atoms with Crippen LogP contribution in [0.1, 0.15) is 58.6 Å². The molecule has 0 radical (unpaired) electrons. The topological polar surface area (TPSA) is 12.5 Å². The monoisotopic (exact) mass is 321 g/mol. The van der Waals surface area contributed by atoms with Gasteiger partial charge in [0.2, 0.25) is 0 Å². The molecule has 1 aromatic carbocycles. The number of benzene rings is 1. The Hall–Kier alpha value is -0.803.